The lowest BCUT2D eigenvalue weighted by Gasteiger charge is -2.28. The average Bonchev–Trinajstić information content (AvgIpc) is 2.32. The molecule has 0 amide bonds. The van der Waals surface area contributed by atoms with E-state index in [2.05, 4.69) is 15.9 Å². The standard InChI is InChI=1S/C12H15BrFNO.ClH/c13-9-1-2-11(14)10(7-9)12(15)8-3-5-16-6-4-8;/h1-2,7-8,12H,3-6,15H2;1H/t12-;/m0./s1. The van der Waals surface area contributed by atoms with Crippen molar-refractivity contribution in [1.29, 1.82) is 0 Å². The first-order chi connectivity index (χ1) is 7.68. The summed E-state index contributed by atoms with van der Waals surface area (Å²) in [6.07, 6.45) is 1.82. The molecule has 5 heteroatoms. The molecule has 1 heterocycles. The lowest BCUT2D eigenvalue weighted by Crippen LogP contribution is -2.28. The second kappa shape index (κ2) is 6.69. The number of nitrogens with two attached hydrogens (primary N) is 1. The van der Waals surface area contributed by atoms with Gasteiger partial charge in [-0.05, 0) is 37.0 Å². The molecule has 2 N–H and O–H groups in total. The van der Waals surface area contributed by atoms with E-state index in [4.69, 9.17) is 10.5 Å². The smallest absolute Gasteiger partial charge is 0.128 e. The van der Waals surface area contributed by atoms with Crippen LogP contribution in [-0.2, 0) is 4.74 Å². The minimum absolute atomic E-state index is 0. The van der Waals surface area contributed by atoms with Gasteiger partial charge in [0.25, 0.3) is 0 Å². The van der Waals surface area contributed by atoms with Crippen LogP contribution in [0.15, 0.2) is 22.7 Å². The van der Waals surface area contributed by atoms with Crippen LogP contribution in [0.5, 0.6) is 0 Å². The Hall–Kier alpha value is -0.160. The molecule has 0 unspecified atom stereocenters. The first-order valence-electron chi connectivity index (χ1n) is 5.47. The molecular weight excluding hydrogens is 308 g/mol. The molecule has 1 saturated heterocycles. The molecule has 1 aromatic carbocycles. The highest BCUT2D eigenvalue weighted by Crippen LogP contribution is 2.30. The molecule has 1 atom stereocenters. The van der Waals surface area contributed by atoms with Crippen molar-refractivity contribution in [2.24, 2.45) is 11.7 Å². The van der Waals surface area contributed by atoms with Crippen LogP contribution in [0.25, 0.3) is 0 Å². The highest BCUT2D eigenvalue weighted by molar-refractivity contribution is 9.10. The van der Waals surface area contributed by atoms with E-state index in [1.54, 1.807) is 12.1 Å². The predicted molar refractivity (Wildman–Crippen MR) is 71.8 cm³/mol. The van der Waals surface area contributed by atoms with Gasteiger partial charge < -0.3 is 10.5 Å². The SMILES string of the molecule is Cl.N[C@H](c1cc(Br)ccc1F)C1CCOCC1. The maximum Gasteiger partial charge on any atom is 0.128 e. The molecule has 2 rings (SSSR count). The largest absolute Gasteiger partial charge is 0.381 e. The van der Waals surface area contributed by atoms with Gasteiger partial charge in [0.2, 0.25) is 0 Å². The van der Waals surface area contributed by atoms with Crippen molar-refractivity contribution in [2.45, 2.75) is 18.9 Å². The molecule has 2 nitrogen and oxygen atoms in total. The third-order valence-electron chi connectivity index (χ3n) is 3.09. The first kappa shape index (κ1) is 14.9. The third-order valence-corrected chi connectivity index (χ3v) is 3.58. The number of rotatable bonds is 2. The van der Waals surface area contributed by atoms with Crippen LogP contribution in [0, 0.1) is 11.7 Å². The quantitative estimate of drug-likeness (QED) is 0.904. The summed E-state index contributed by atoms with van der Waals surface area (Å²) in [4.78, 5) is 0. The molecule has 0 aliphatic carbocycles. The van der Waals surface area contributed by atoms with E-state index in [0.717, 1.165) is 30.5 Å². The fraction of sp³-hybridized carbons (Fsp3) is 0.500. The Morgan fingerprint density at radius 2 is 2.00 bits per heavy atom. The van der Waals surface area contributed by atoms with Crippen molar-refractivity contribution in [2.75, 3.05) is 13.2 Å². The van der Waals surface area contributed by atoms with Crippen molar-refractivity contribution in [3.8, 4) is 0 Å². The summed E-state index contributed by atoms with van der Waals surface area (Å²) in [5.41, 5.74) is 6.72. The van der Waals surface area contributed by atoms with Crippen LogP contribution >= 0.6 is 28.3 Å². The highest BCUT2D eigenvalue weighted by Gasteiger charge is 2.24. The van der Waals surface area contributed by atoms with Gasteiger partial charge in [0.05, 0.1) is 0 Å². The second-order valence-electron chi connectivity index (χ2n) is 4.14. The average molecular weight is 325 g/mol. The summed E-state index contributed by atoms with van der Waals surface area (Å²) in [6.45, 7) is 1.46. The van der Waals surface area contributed by atoms with E-state index in [1.807, 2.05) is 0 Å². The van der Waals surface area contributed by atoms with Crippen LogP contribution in [0.3, 0.4) is 0 Å². The number of hydrogen-bond donors (Lipinski definition) is 1. The summed E-state index contributed by atoms with van der Waals surface area (Å²) < 4.78 is 19.8. The van der Waals surface area contributed by atoms with Gasteiger partial charge in [0.15, 0.2) is 0 Å². The van der Waals surface area contributed by atoms with E-state index in [0.29, 0.717) is 11.5 Å². The summed E-state index contributed by atoms with van der Waals surface area (Å²) in [7, 11) is 0. The second-order valence-corrected chi connectivity index (χ2v) is 5.06. The molecule has 0 spiro atoms. The highest BCUT2D eigenvalue weighted by atomic mass is 79.9. The van der Waals surface area contributed by atoms with Gasteiger partial charge in [0.1, 0.15) is 5.82 Å². The van der Waals surface area contributed by atoms with Crippen LogP contribution in [0.2, 0.25) is 0 Å². The van der Waals surface area contributed by atoms with Crippen LogP contribution in [0.4, 0.5) is 4.39 Å². The lowest BCUT2D eigenvalue weighted by molar-refractivity contribution is 0.0580. The minimum Gasteiger partial charge on any atom is -0.381 e. The van der Waals surface area contributed by atoms with Crippen molar-refractivity contribution in [3.05, 3.63) is 34.1 Å². The fourth-order valence-electron chi connectivity index (χ4n) is 2.10. The Kier molecular flexibility index (Phi) is 5.86. The Labute approximate surface area is 115 Å². The monoisotopic (exact) mass is 323 g/mol. The molecule has 0 saturated carbocycles. The molecule has 96 valence electrons. The van der Waals surface area contributed by atoms with Crippen LogP contribution in [-0.4, -0.2) is 13.2 Å². The van der Waals surface area contributed by atoms with E-state index >= 15 is 0 Å². The summed E-state index contributed by atoms with van der Waals surface area (Å²) >= 11 is 3.34. The summed E-state index contributed by atoms with van der Waals surface area (Å²) in [5, 5.41) is 0. The fourth-order valence-corrected chi connectivity index (χ4v) is 2.48. The molecule has 1 aromatic rings. The minimum atomic E-state index is -0.235. The van der Waals surface area contributed by atoms with E-state index in [1.165, 1.54) is 6.07 Å². The zero-order valence-corrected chi connectivity index (χ0v) is 11.8. The zero-order chi connectivity index (χ0) is 11.5. The van der Waals surface area contributed by atoms with Gasteiger partial charge in [-0.25, -0.2) is 4.39 Å². The Bertz CT molecular complexity index is 372. The van der Waals surface area contributed by atoms with Gasteiger partial charge in [0, 0.05) is 29.3 Å². The number of ether oxygens (including phenoxy) is 1. The molecule has 0 aromatic heterocycles. The molecule has 1 aliphatic rings. The van der Waals surface area contributed by atoms with Crippen molar-refractivity contribution in [3.63, 3.8) is 0 Å². The molecule has 0 bridgehead atoms. The maximum absolute atomic E-state index is 13.6. The zero-order valence-electron chi connectivity index (χ0n) is 9.36. The molecule has 1 aliphatic heterocycles. The van der Waals surface area contributed by atoms with Gasteiger partial charge in [-0.2, -0.15) is 0 Å². The Balaban J connectivity index is 0.00000144. The number of halogens is 3. The molecule has 0 radical (unpaired) electrons. The van der Waals surface area contributed by atoms with Gasteiger partial charge in [-0.1, -0.05) is 15.9 Å². The van der Waals surface area contributed by atoms with Gasteiger partial charge in [-0.15, -0.1) is 12.4 Å². The number of hydrogen-bond acceptors (Lipinski definition) is 2. The van der Waals surface area contributed by atoms with E-state index in [-0.39, 0.29) is 24.3 Å². The maximum atomic E-state index is 13.6. The lowest BCUT2D eigenvalue weighted by atomic mass is 9.87. The summed E-state index contributed by atoms with van der Waals surface area (Å²) in [6, 6.07) is 4.69. The van der Waals surface area contributed by atoms with Gasteiger partial charge in [-0.3, -0.25) is 0 Å². The van der Waals surface area contributed by atoms with Crippen molar-refractivity contribution in [1.82, 2.24) is 0 Å². The normalized spacial score (nSPS) is 18.5. The predicted octanol–water partition coefficient (Wildman–Crippen LogP) is 3.44. The first-order valence-corrected chi connectivity index (χ1v) is 6.26. The van der Waals surface area contributed by atoms with Crippen LogP contribution in [0.1, 0.15) is 24.4 Å². The topological polar surface area (TPSA) is 35.2 Å². The molecular formula is C12H16BrClFNO. The third kappa shape index (κ3) is 3.65. The van der Waals surface area contributed by atoms with Crippen molar-refractivity contribution < 1.29 is 9.13 Å². The molecule has 1 fully saturated rings. The summed E-state index contributed by atoms with van der Waals surface area (Å²) in [5.74, 6) is 0.0970. The van der Waals surface area contributed by atoms with Crippen molar-refractivity contribution >= 4 is 28.3 Å². The molecule has 17 heavy (non-hydrogen) atoms. The Morgan fingerprint density at radius 3 is 2.65 bits per heavy atom. The van der Waals surface area contributed by atoms with E-state index < -0.39 is 0 Å². The Morgan fingerprint density at radius 1 is 1.35 bits per heavy atom. The van der Waals surface area contributed by atoms with Crippen LogP contribution < -0.4 is 5.73 Å². The van der Waals surface area contributed by atoms with Gasteiger partial charge >= 0.3 is 0 Å². The van der Waals surface area contributed by atoms with E-state index in [9.17, 15) is 4.39 Å². The number of benzene rings is 1.